The van der Waals surface area contributed by atoms with Gasteiger partial charge in [-0.15, -0.1) is 0 Å². The second kappa shape index (κ2) is 4.63. The predicted molar refractivity (Wildman–Crippen MR) is 62.2 cm³/mol. The molecule has 0 fully saturated rings. The summed E-state index contributed by atoms with van der Waals surface area (Å²) < 4.78 is 0. The molecule has 0 aromatic heterocycles. The summed E-state index contributed by atoms with van der Waals surface area (Å²) in [6.45, 7) is 4.27. The lowest BCUT2D eigenvalue weighted by Gasteiger charge is -2.20. The zero-order valence-electron chi connectivity index (χ0n) is 9.02. The molecule has 2 aliphatic rings. The molecule has 0 N–H and O–H groups in total. The average Bonchev–Trinajstić information content (AvgIpc) is 2.30. The Morgan fingerprint density at radius 2 is 1.36 bits per heavy atom. The van der Waals surface area contributed by atoms with E-state index < -0.39 is 0 Å². The molecule has 0 nitrogen and oxygen atoms in total. The molecule has 14 heavy (non-hydrogen) atoms. The highest BCUT2D eigenvalue weighted by atomic mass is 14.2. The molecule has 0 aromatic rings. The summed E-state index contributed by atoms with van der Waals surface area (Å²) >= 11 is 0. The minimum absolute atomic E-state index is 1.26. The first kappa shape index (κ1) is 9.76. The Morgan fingerprint density at radius 1 is 0.857 bits per heavy atom. The van der Waals surface area contributed by atoms with E-state index in [1.54, 1.807) is 0 Å². The predicted octanol–water partition coefficient (Wildman–Crippen LogP) is 4.54. The van der Waals surface area contributed by atoms with E-state index >= 15 is 0 Å². The van der Waals surface area contributed by atoms with Gasteiger partial charge in [-0.3, -0.25) is 0 Å². The molecule has 0 heterocycles. The summed E-state index contributed by atoms with van der Waals surface area (Å²) in [6, 6.07) is 0. The maximum atomic E-state index is 4.27. The van der Waals surface area contributed by atoms with Crippen LogP contribution in [0, 0.1) is 0 Å². The molecule has 0 saturated heterocycles. The van der Waals surface area contributed by atoms with Crippen molar-refractivity contribution in [3.63, 3.8) is 0 Å². The molecule has 0 heteroatoms. The van der Waals surface area contributed by atoms with Crippen LogP contribution in [-0.4, -0.2) is 0 Å². The molecule has 2 rings (SSSR count). The van der Waals surface area contributed by atoms with Crippen molar-refractivity contribution in [2.45, 2.75) is 51.4 Å². The van der Waals surface area contributed by atoms with Crippen LogP contribution in [0.4, 0.5) is 0 Å². The van der Waals surface area contributed by atoms with Gasteiger partial charge in [0.05, 0.1) is 0 Å². The second-order valence-electron chi connectivity index (χ2n) is 4.43. The minimum atomic E-state index is 1.26. The fraction of sp³-hybridized carbons (Fsp3) is 0.571. The second-order valence-corrected chi connectivity index (χ2v) is 4.43. The van der Waals surface area contributed by atoms with Crippen molar-refractivity contribution in [3.8, 4) is 0 Å². The van der Waals surface area contributed by atoms with Crippen molar-refractivity contribution in [3.05, 3.63) is 35.5 Å². The van der Waals surface area contributed by atoms with Crippen LogP contribution >= 0.6 is 0 Å². The van der Waals surface area contributed by atoms with Gasteiger partial charge in [0.1, 0.15) is 0 Å². The quantitative estimate of drug-likeness (QED) is 0.596. The van der Waals surface area contributed by atoms with Crippen LogP contribution in [-0.2, 0) is 0 Å². The molecule has 76 valence electrons. The molecule has 0 aliphatic heterocycles. The SMILES string of the molecule is C=C(C1=CCCCC1)C1=CCCCC1. The standard InChI is InChI=1S/C14H20/c1-12(13-8-4-2-5-9-13)14-10-6-3-7-11-14/h8,10H,1-7,9,11H2. The number of allylic oxidation sites excluding steroid dienone is 5. The summed E-state index contributed by atoms with van der Waals surface area (Å²) in [6.07, 6.45) is 15.3. The van der Waals surface area contributed by atoms with Gasteiger partial charge < -0.3 is 0 Å². The van der Waals surface area contributed by atoms with Crippen LogP contribution < -0.4 is 0 Å². The molecule has 0 amide bonds. The molecule has 0 radical (unpaired) electrons. The Kier molecular flexibility index (Phi) is 3.23. The zero-order chi connectivity index (χ0) is 9.80. The van der Waals surface area contributed by atoms with Crippen molar-refractivity contribution in [1.82, 2.24) is 0 Å². The molecule has 0 unspecified atom stereocenters. The van der Waals surface area contributed by atoms with E-state index in [2.05, 4.69) is 18.7 Å². The lowest BCUT2D eigenvalue weighted by molar-refractivity contribution is 0.687. The lowest BCUT2D eigenvalue weighted by atomic mass is 9.86. The fourth-order valence-corrected chi connectivity index (χ4v) is 2.43. The third-order valence-electron chi connectivity index (χ3n) is 3.36. The normalized spacial score (nSPS) is 22.6. The zero-order valence-corrected chi connectivity index (χ0v) is 9.02. The van der Waals surface area contributed by atoms with E-state index in [0.29, 0.717) is 0 Å². The Morgan fingerprint density at radius 3 is 1.71 bits per heavy atom. The third-order valence-corrected chi connectivity index (χ3v) is 3.36. The van der Waals surface area contributed by atoms with Crippen LogP contribution in [0.2, 0.25) is 0 Å². The van der Waals surface area contributed by atoms with E-state index in [1.165, 1.54) is 68.1 Å². The minimum Gasteiger partial charge on any atom is -0.0912 e. The molecule has 0 atom stereocenters. The smallest absolute Gasteiger partial charge is 0.0271 e. The van der Waals surface area contributed by atoms with Crippen LogP contribution in [0.1, 0.15) is 51.4 Å². The van der Waals surface area contributed by atoms with Gasteiger partial charge in [0.2, 0.25) is 0 Å². The van der Waals surface area contributed by atoms with Crippen LogP contribution in [0.25, 0.3) is 0 Å². The molecular formula is C14H20. The Hall–Kier alpha value is -0.780. The van der Waals surface area contributed by atoms with Gasteiger partial charge in [-0.05, 0) is 68.1 Å². The number of rotatable bonds is 2. The molecule has 0 bridgehead atoms. The molecular weight excluding hydrogens is 168 g/mol. The Balaban J connectivity index is 2.06. The number of hydrogen-bond donors (Lipinski definition) is 0. The Bertz CT molecular complexity index is 250. The monoisotopic (exact) mass is 188 g/mol. The van der Waals surface area contributed by atoms with Gasteiger partial charge in [-0.25, -0.2) is 0 Å². The van der Waals surface area contributed by atoms with Gasteiger partial charge in [-0.2, -0.15) is 0 Å². The highest BCUT2D eigenvalue weighted by Gasteiger charge is 2.12. The first-order valence-electron chi connectivity index (χ1n) is 5.95. The number of hydrogen-bond acceptors (Lipinski definition) is 0. The first-order valence-corrected chi connectivity index (χ1v) is 5.95. The maximum Gasteiger partial charge on any atom is -0.0271 e. The van der Waals surface area contributed by atoms with Gasteiger partial charge in [-0.1, -0.05) is 18.7 Å². The van der Waals surface area contributed by atoms with Gasteiger partial charge >= 0.3 is 0 Å². The van der Waals surface area contributed by atoms with E-state index in [1.807, 2.05) is 0 Å². The molecule has 0 spiro atoms. The van der Waals surface area contributed by atoms with E-state index in [4.69, 9.17) is 0 Å². The summed E-state index contributed by atoms with van der Waals surface area (Å²) in [5.41, 5.74) is 4.42. The summed E-state index contributed by atoms with van der Waals surface area (Å²) in [7, 11) is 0. The fourth-order valence-electron chi connectivity index (χ4n) is 2.43. The van der Waals surface area contributed by atoms with Crippen molar-refractivity contribution < 1.29 is 0 Å². The van der Waals surface area contributed by atoms with Crippen LogP contribution in [0.15, 0.2) is 35.5 Å². The molecule has 0 aromatic carbocycles. The molecule has 0 saturated carbocycles. The van der Waals surface area contributed by atoms with Gasteiger partial charge in [0.25, 0.3) is 0 Å². The highest BCUT2D eigenvalue weighted by molar-refractivity contribution is 5.45. The van der Waals surface area contributed by atoms with Gasteiger partial charge in [0.15, 0.2) is 0 Å². The molecule has 2 aliphatic carbocycles. The first-order chi connectivity index (χ1) is 6.88. The van der Waals surface area contributed by atoms with Crippen molar-refractivity contribution >= 4 is 0 Å². The average molecular weight is 188 g/mol. The van der Waals surface area contributed by atoms with E-state index in [0.717, 1.165) is 0 Å². The highest BCUT2D eigenvalue weighted by Crippen LogP contribution is 2.31. The van der Waals surface area contributed by atoms with Crippen molar-refractivity contribution in [1.29, 1.82) is 0 Å². The Labute approximate surface area is 87.4 Å². The third kappa shape index (κ3) is 2.17. The van der Waals surface area contributed by atoms with Crippen LogP contribution in [0.5, 0.6) is 0 Å². The van der Waals surface area contributed by atoms with Crippen molar-refractivity contribution in [2.24, 2.45) is 0 Å². The largest absolute Gasteiger partial charge is 0.0912 e. The maximum absolute atomic E-state index is 4.27. The summed E-state index contributed by atoms with van der Waals surface area (Å²) in [4.78, 5) is 0. The van der Waals surface area contributed by atoms with E-state index in [9.17, 15) is 0 Å². The van der Waals surface area contributed by atoms with Crippen LogP contribution in [0.3, 0.4) is 0 Å². The topological polar surface area (TPSA) is 0 Å². The van der Waals surface area contributed by atoms with E-state index in [-0.39, 0.29) is 0 Å². The van der Waals surface area contributed by atoms with Crippen molar-refractivity contribution in [2.75, 3.05) is 0 Å². The summed E-state index contributed by atoms with van der Waals surface area (Å²) in [5.74, 6) is 0. The summed E-state index contributed by atoms with van der Waals surface area (Å²) in [5, 5.41) is 0. The lowest BCUT2D eigenvalue weighted by Crippen LogP contribution is -2.00. The van der Waals surface area contributed by atoms with Gasteiger partial charge in [0, 0.05) is 0 Å².